The highest BCUT2D eigenvalue weighted by Crippen LogP contribution is 2.24. The van der Waals surface area contributed by atoms with Crippen molar-refractivity contribution < 1.29 is 57.5 Å². The number of benzene rings is 2. The van der Waals surface area contributed by atoms with Gasteiger partial charge in [-0.25, -0.2) is 0 Å². The average molecular weight is 1320 g/mol. The van der Waals surface area contributed by atoms with Gasteiger partial charge in [-0.1, -0.05) is 122 Å². The Hall–Kier alpha value is -7.63. The first-order valence-corrected chi connectivity index (χ1v) is 33.1. The van der Waals surface area contributed by atoms with Crippen molar-refractivity contribution in [3.8, 4) is 0 Å². The summed E-state index contributed by atoms with van der Waals surface area (Å²) in [4.78, 5) is 185. The van der Waals surface area contributed by atoms with E-state index in [9.17, 15) is 52.7 Å². The Kier molecular flexibility index (Phi) is 30.2. The van der Waals surface area contributed by atoms with Gasteiger partial charge in [0.05, 0.1) is 26.1 Å². The zero-order valence-corrected chi connectivity index (χ0v) is 58.6. The van der Waals surface area contributed by atoms with E-state index in [1.165, 1.54) is 82.8 Å². The number of piperidine rings is 1. The van der Waals surface area contributed by atoms with Crippen molar-refractivity contribution in [3.63, 3.8) is 0 Å². The molecule has 1 unspecified atom stereocenters. The zero-order chi connectivity index (χ0) is 69.8. The van der Waals surface area contributed by atoms with Crippen molar-refractivity contribution in [3.05, 3.63) is 70.7 Å². The van der Waals surface area contributed by atoms with Gasteiger partial charge in [0.1, 0.15) is 47.8 Å². The van der Waals surface area contributed by atoms with E-state index < -0.39 is 151 Å². The molecule has 0 saturated carbocycles. The SMILES string of the molecule is CCCC[C@@H]1NC(=O)[C@H](Cc2ccccc2)NC(=O)CN(C)C(=O)[C@H](Cc2ccc(Cl)cc2)N(C)C(=O)CN(C)C(=O)CN(C)C(=O)[C@H]([C@@H](C)CC)NC(=O)[C@H](CC(C)C)N(C)C(=O)CC(C(=O)N2CCCCC2)N(C)C(=O)[C@H](CC(C)C)NC(=O)C(C)(C)N(C)C1=O. The lowest BCUT2D eigenvalue weighted by Gasteiger charge is -2.39. The van der Waals surface area contributed by atoms with Crippen LogP contribution >= 0.6 is 11.6 Å². The molecule has 0 aliphatic carbocycles. The highest BCUT2D eigenvalue weighted by Gasteiger charge is 2.44. The third-order valence-corrected chi connectivity index (χ3v) is 18.2. The van der Waals surface area contributed by atoms with Gasteiger partial charge in [-0.3, -0.25) is 57.5 Å². The van der Waals surface area contributed by atoms with Crippen LogP contribution < -0.4 is 21.3 Å². The second kappa shape index (κ2) is 36.1. The van der Waals surface area contributed by atoms with Crippen LogP contribution in [0.5, 0.6) is 0 Å². The second-order valence-corrected chi connectivity index (χ2v) is 27.1. The minimum atomic E-state index is -1.69. The molecule has 12 amide bonds. The average Bonchev–Trinajstić information content (AvgIpc) is 0.846. The summed E-state index contributed by atoms with van der Waals surface area (Å²) in [7, 11) is 9.77. The molecule has 2 aliphatic heterocycles. The monoisotopic (exact) mass is 1320 g/mol. The quantitative estimate of drug-likeness (QED) is 0.210. The van der Waals surface area contributed by atoms with Gasteiger partial charge in [-0.2, -0.15) is 0 Å². The van der Waals surface area contributed by atoms with Crippen LogP contribution in [0.25, 0.3) is 0 Å². The molecule has 4 rings (SSSR count). The van der Waals surface area contributed by atoms with E-state index in [0.29, 0.717) is 61.3 Å². The summed E-state index contributed by atoms with van der Waals surface area (Å²) in [5.74, 6) is -8.85. The van der Waals surface area contributed by atoms with E-state index in [0.717, 1.165) is 21.1 Å². The molecule has 0 radical (unpaired) electrons. The standard InChI is InChI=1S/C68H105ClN12O12/c1-17-19-28-49-63(89)80(16)68(8,9)67(93)72-51(35-43(3)4)62(88)79(15)54(65(91)81-33-24-21-25-34-81)39-56(83)77(13)52(36-44(5)6)61(87)73-59(45(7)18-2)66(92)76(12)41-57(84)74(10)42-58(85)78(14)53(38-47-29-31-48(69)32-30-47)64(90)75(11)40-55(82)70-50(60(86)71-49)37-46-26-22-20-23-27-46/h20,22-23,26-27,29-32,43-45,49-54,59H,17-19,21,24-25,28,33-42H2,1-16H3,(H,70,82)(H,71,86)(H,72,93)(H,73,87)/t45-,49-,50-,51-,52-,53-,54?,59-/m0/s1. The van der Waals surface area contributed by atoms with Crippen LogP contribution in [0.4, 0.5) is 0 Å². The number of carbonyl (C=O) groups is 12. The van der Waals surface area contributed by atoms with Gasteiger partial charge in [0.25, 0.3) is 0 Å². The van der Waals surface area contributed by atoms with Crippen molar-refractivity contribution in [2.75, 3.05) is 82.1 Å². The molecular formula is C68H105ClN12O12. The van der Waals surface area contributed by atoms with Crippen molar-refractivity contribution in [1.29, 1.82) is 0 Å². The number of hydrogen-bond donors (Lipinski definition) is 4. The maximum absolute atomic E-state index is 15.1. The van der Waals surface area contributed by atoms with Crippen LogP contribution in [0.3, 0.4) is 0 Å². The van der Waals surface area contributed by atoms with E-state index in [1.54, 1.807) is 66.4 Å². The number of hydrogen-bond acceptors (Lipinski definition) is 12. The third-order valence-electron chi connectivity index (χ3n) is 18.0. The molecule has 0 spiro atoms. The van der Waals surface area contributed by atoms with Crippen LogP contribution in [0, 0.1) is 17.8 Å². The van der Waals surface area contributed by atoms with E-state index in [4.69, 9.17) is 11.6 Å². The van der Waals surface area contributed by atoms with Gasteiger partial charge < -0.3 is 60.5 Å². The van der Waals surface area contributed by atoms with Crippen molar-refractivity contribution in [2.45, 2.75) is 187 Å². The van der Waals surface area contributed by atoms with Crippen molar-refractivity contribution in [2.24, 2.45) is 17.8 Å². The van der Waals surface area contributed by atoms with Gasteiger partial charge in [-0.05, 0) is 93.4 Å². The van der Waals surface area contributed by atoms with E-state index >= 15 is 4.79 Å². The summed E-state index contributed by atoms with van der Waals surface area (Å²) in [6.07, 6.45) is 3.48. The molecule has 2 aromatic rings. The van der Waals surface area contributed by atoms with Crippen molar-refractivity contribution >= 4 is 82.5 Å². The number of rotatable bonds is 14. The molecule has 24 nitrogen and oxygen atoms in total. The molecule has 2 saturated heterocycles. The third kappa shape index (κ3) is 22.3. The smallest absolute Gasteiger partial charge is 0.246 e. The van der Waals surface area contributed by atoms with E-state index in [2.05, 4.69) is 21.3 Å². The fourth-order valence-electron chi connectivity index (χ4n) is 11.3. The number of halogens is 1. The Morgan fingerprint density at radius 1 is 0.559 bits per heavy atom. The summed E-state index contributed by atoms with van der Waals surface area (Å²) < 4.78 is 0. The van der Waals surface area contributed by atoms with Crippen LogP contribution in [-0.4, -0.2) is 240 Å². The van der Waals surface area contributed by atoms with Gasteiger partial charge in [-0.15, -0.1) is 0 Å². The predicted octanol–water partition coefficient (Wildman–Crippen LogP) is 3.90. The first-order valence-electron chi connectivity index (χ1n) is 32.7. The summed E-state index contributed by atoms with van der Waals surface area (Å²) in [5, 5.41) is 11.8. The molecule has 2 aromatic carbocycles. The predicted molar refractivity (Wildman–Crippen MR) is 355 cm³/mol. The molecule has 4 N–H and O–H groups in total. The lowest BCUT2D eigenvalue weighted by molar-refractivity contribution is -0.152. The molecule has 2 heterocycles. The lowest BCUT2D eigenvalue weighted by atomic mass is 9.95. The fraction of sp³-hybridized carbons (Fsp3) is 0.647. The highest BCUT2D eigenvalue weighted by atomic mass is 35.5. The van der Waals surface area contributed by atoms with Crippen LogP contribution in [0.1, 0.15) is 138 Å². The maximum atomic E-state index is 15.1. The molecule has 2 fully saturated rings. The lowest BCUT2D eigenvalue weighted by Crippen LogP contribution is -2.63. The van der Waals surface area contributed by atoms with E-state index in [1.807, 2.05) is 41.5 Å². The summed E-state index contributed by atoms with van der Waals surface area (Å²) in [6.45, 7) is 15.0. The Labute approximate surface area is 555 Å². The molecule has 516 valence electrons. The van der Waals surface area contributed by atoms with Crippen LogP contribution in [-0.2, 0) is 70.4 Å². The normalized spacial score (nSPS) is 24.1. The number of likely N-dealkylation sites (tertiary alicyclic amines) is 1. The molecule has 8 atom stereocenters. The Bertz CT molecular complexity index is 2920. The summed E-state index contributed by atoms with van der Waals surface area (Å²) in [6, 6.07) is 6.65. The Balaban J connectivity index is 1.88. The highest BCUT2D eigenvalue weighted by molar-refractivity contribution is 6.30. The molecule has 0 aromatic heterocycles. The van der Waals surface area contributed by atoms with Gasteiger partial charge in [0.15, 0.2) is 0 Å². The number of nitrogens with zero attached hydrogens (tertiary/aromatic N) is 8. The minimum Gasteiger partial charge on any atom is -0.343 e. The number of amides is 12. The molecule has 93 heavy (non-hydrogen) atoms. The van der Waals surface area contributed by atoms with Gasteiger partial charge >= 0.3 is 0 Å². The largest absolute Gasteiger partial charge is 0.343 e. The second-order valence-electron chi connectivity index (χ2n) is 26.7. The number of likely N-dealkylation sites (N-methyl/N-ethyl adjacent to an activating group) is 7. The van der Waals surface area contributed by atoms with Crippen LogP contribution in [0.2, 0.25) is 5.02 Å². The zero-order valence-electron chi connectivity index (χ0n) is 57.8. The topological polar surface area (TPSA) is 279 Å². The number of nitrogens with one attached hydrogen (secondary N) is 4. The van der Waals surface area contributed by atoms with Crippen molar-refractivity contribution in [1.82, 2.24) is 60.5 Å². The van der Waals surface area contributed by atoms with Crippen LogP contribution in [0.15, 0.2) is 54.6 Å². The van der Waals surface area contributed by atoms with E-state index in [-0.39, 0.29) is 43.9 Å². The first kappa shape index (κ1) is 77.8. The van der Waals surface area contributed by atoms with Gasteiger partial charge in [0.2, 0.25) is 70.9 Å². The van der Waals surface area contributed by atoms with Gasteiger partial charge in [0, 0.05) is 80.3 Å². The fourth-order valence-corrected chi connectivity index (χ4v) is 11.5. The minimum absolute atomic E-state index is 0.0379. The number of carbonyl (C=O) groups excluding carboxylic acids is 12. The Morgan fingerprint density at radius 3 is 1.71 bits per heavy atom. The molecule has 25 heteroatoms. The first-order chi connectivity index (χ1) is 43.6. The molecule has 2 aliphatic rings. The summed E-state index contributed by atoms with van der Waals surface area (Å²) in [5.41, 5.74) is -0.423. The summed E-state index contributed by atoms with van der Waals surface area (Å²) >= 11 is 6.23. The molecule has 0 bridgehead atoms. The molecular weight excluding hydrogens is 1210 g/mol. The number of unbranched alkanes of at least 4 members (excludes halogenated alkanes) is 1. The Morgan fingerprint density at radius 2 is 1.13 bits per heavy atom. The maximum Gasteiger partial charge on any atom is 0.246 e.